The molecule has 37 heavy (non-hydrogen) atoms. The number of carbonyl (C=O) groups is 2. The van der Waals surface area contributed by atoms with E-state index in [4.69, 9.17) is 16.3 Å². The highest BCUT2D eigenvalue weighted by atomic mass is 35.5. The van der Waals surface area contributed by atoms with E-state index in [2.05, 4.69) is 11.1 Å². The van der Waals surface area contributed by atoms with Crippen molar-refractivity contribution in [2.75, 3.05) is 20.2 Å². The summed E-state index contributed by atoms with van der Waals surface area (Å²) >= 11 is 6.12. The number of benzene rings is 3. The Morgan fingerprint density at radius 1 is 0.973 bits per heavy atom. The highest BCUT2D eigenvalue weighted by molar-refractivity contribution is 6.31. The van der Waals surface area contributed by atoms with E-state index in [-0.39, 0.29) is 24.4 Å². The third-order valence-corrected chi connectivity index (χ3v) is 6.73. The van der Waals surface area contributed by atoms with Crippen LogP contribution in [0.5, 0.6) is 5.75 Å². The van der Waals surface area contributed by atoms with Crippen LogP contribution in [0.1, 0.15) is 35.3 Å². The molecule has 0 radical (unpaired) electrons. The number of halogens is 1. The van der Waals surface area contributed by atoms with Crippen LogP contribution in [0, 0.1) is 0 Å². The maximum Gasteiger partial charge on any atom is 0.254 e. The molecule has 0 saturated carbocycles. The minimum absolute atomic E-state index is 0.0357. The van der Waals surface area contributed by atoms with Gasteiger partial charge in [-0.3, -0.25) is 9.59 Å². The van der Waals surface area contributed by atoms with Crippen molar-refractivity contribution in [3.8, 4) is 5.75 Å². The summed E-state index contributed by atoms with van der Waals surface area (Å²) in [6.07, 6.45) is 2.67. The van der Waals surface area contributed by atoms with Crippen LogP contribution in [0.25, 0.3) is 10.9 Å². The molecule has 0 fully saturated rings. The summed E-state index contributed by atoms with van der Waals surface area (Å²) in [7, 11) is 1.63. The fourth-order valence-electron chi connectivity index (χ4n) is 4.45. The first-order valence-corrected chi connectivity index (χ1v) is 12.8. The summed E-state index contributed by atoms with van der Waals surface area (Å²) < 4.78 is 5.54. The smallest absolute Gasteiger partial charge is 0.254 e. The molecule has 0 aliphatic heterocycles. The van der Waals surface area contributed by atoms with Crippen LogP contribution in [0.2, 0.25) is 5.02 Å². The number of rotatable bonds is 10. The average Bonchev–Trinajstić information content (AvgIpc) is 3.32. The summed E-state index contributed by atoms with van der Waals surface area (Å²) in [5, 5.41) is 1.63. The molecule has 0 aliphatic rings. The molecule has 2 amide bonds. The van der Waals surface area contributed by atoms with Gasteiger partial charge in [-0.2, -0.15) is 0 Å². The van der Waals surface area contributed by atoms with Gasteiger partial charge in [-0.05, 0) is 56.2 Å². The first-order valence-electron chi connectivity index (χ1n) is 12.4. The van der Waals surface area contributed by atoms with Gasteiger partial charge in [-0.15, -0.1) is 0 Å². The van der Waals surface area contributed by atoms with Gasteiger partial charge in [0.1, 0.15) is 12.3 Å². The topological polar surface area (TPSA) is 65.6 Å². The molecule has 3 aromatic carbocycles. The van der Waals surface area contributed by atoms with E-state index < -0.39 is 0 Å². The number of aromatic amines is 1. The SMILES string of the molecule is COc1ccccc1CN(CCc1c[nH]c2ccccc12)C(=O)CN(C(=O)c1cccc(Cl)c1)C(C)C. The zero-order chi connectivity index (χ0) is 26.4. The second-order valence-electron chi connectivity index (χ2n) is 9.27. The minimum Gasteiger partial charge on any atom is -0.496 e. The molecule has 192 valence electrons. The predicted octanol–water partition coefficient (Wildman–Crippen LogP) is 5.95. The number of fused-ring (bicyclic) bond motifs is 1. The Labute approximate surface area is 222 Å². The normalized spacial score (nSPS) is 11.1. The first-order chi connectivity index (χ1) is 17.9. The van der Waals surface area contributed by atoms with Gasteiger partial charge in [0.05, 0.1) is 7.11 Å². The van der Waals surface area contributed by atoms with Crippen LogP contribution in [0.15, 0.2) is 79.0 Å². The number of nitrogens with zero attached hydrogens (tertiary/aromatic N) is 2. The summed E-state index contributed by atoms with van der Waals surface area (Å²) in [6.45, 7) is 4.66. The number of hydrogen-bond acceptors (Lipinski definition) is 3. The zero-order valence-electron chi connectivity index (χ0n) is 21.4. The quantitative estimate of drug-likeness (QED) is 0.282. The molecule has 0 aliphatic carbocycles. The summed E-state index contributed by atoms with van der Waals surface area (Å²) in [6, 6.07) is 22.5. The van der Waals surface area contributed by atoms with E-state index in [1.807, 2.05) is 62.5 Å². The van der Waals surface area contributed by atoms with E-state index in [1.165, 1.54) is 0 Å². The van der Waals surface area contributed by atoms with Crippen molar-refractivity contribution in [2.24, 2.45) is 0 Å². The first kappa shape index (κ1) is 26.3. The van der Waals surface area contributed by atoms with Gasteiger partial charge in [0.15, 0.2) is 0 Å². The molecule has 1 N–H and O–H groups in total. The second kappa shape index (κ2) is 12.0. The number of para-hydroxylation sites is 2. The lowest BCUT2D eigenvalue weighted by atomic mass is 10.1. The number of amides is 2. The van der Waals surface area contributed by atoms with Crippen molar-refractivity contribution in [2.45, 2.75) is 32.9 Å². The van der Waals surface area contributed by atoms with Gasteiger partial charge in [0.2, 0.25) is 5.91 Å². The minimum atomic E-state index is -0.222. The Balaban J connectivity index is 1.58. The molecule has 1 aromatic heterocycles. The number of methoxy groups -OCH3 is 1. The van der Waals surface area contributed by atoms with Crippen LogP contribution in [0.4, 0.5) is 0 Å². The Hall–Kier alpha value is -3.77. The Morgan fingerprint density at radius 3 is 2.49 bits per heavy atom. The summed E-state index contributed by atoms with van der Waals surface area (Å²) in [4.78, 5) is 33.8. The van der Waals surface area contributed by atoms with Gasteiger partial charge in [-0.1, -0.05) is 54.1 Å². The molecule has 4 rings (SSSR count). The molecule has 0 saturated heterocycles. The maximum absolute atomic E-state index is 13.7. The van der Waals surface area contributed by atoms with Crippen LogP contribution in [-0.2, 0) is 17.8 Å². The van der Waals surface area contributed by atoms with E-state index >= 15 is 0 Å². The molecule has 0 atom stereocenters. The van der Waals surface area contributed by atoms with Crippen molar-refractivity contribution >= 4 is 34.3 Å². The van der Waals surface area contributed by atoms with Crippen LogP contribution in [-0.4, -0.2) is 52.8 Å². The lowest BCUT2D eigenvalue weighted by Gasteiger charge is -2.30. The maximum atomic E-state index is 13.7. The van der Waals surface area contributed by atoms with Gasteiger partial charge < -0.3 is 19.5 Å². The zero-order valence-corrected chi connectivity index (χ0v) is 22.2. The van der Waals surface area contributed by atoms with Crippen molar-refractivity contribution < 1.29 is 14.3 Å². The van der Waals surface area contributed by atoms with Crippen molar-refractivity contribution in [3.05, 3.63) is 101 Å². The molecular weight excluding hydrogens is 486 g/mol. The number of nitrogens with one attached hydrogen (secondary N) is 1. The molecule has 4 aromatic rings. The standard InChI is InChI=1S/C30H32ClN3O3/c1-21(2)34(30(36)22-10-8-11-25(31)17-22)20-29(35)33(19-24-9-4-7-14-28(24)37-3)16-15-23-18-32-27-13-6-5-12-26(23)27/h4-14,17-18,21,32H,15-16,19-20H2,1-3H3. The monoisotopic (exact) mass is 517 g/mol. The lowest BCUT2D eigenvalue weighted by molar-refractivity contribution is -0.132. The number of ether oxygens (including phenoxy) is 1. The van der Waals surface area contributed by atoms with E-state index in [1.54, 1.807) is 41.2 Å². The Kier molecular flexibility index (Phi) is 8.51. The fourth-order valence-corrected chi connectivity index (χ4v) is 4.64. The van der Waals surface area contributed by atoms with Crippen LogP contribution >= 0.6 is 11.6 Å². The van der Waals surface area contributed by atoms with Crippen molar-refractivity contribution in [1.29, 1.82) is 0 Å². The molecule has 1 heterocycles. The van der Waals surface area contributed by atoms with Gasteiger partial charge >= 0.3 is 0 Å². The lowest BCUT2D eigenvalue weighted by Crippen LogP contribution is -2.46. The van der Waals surface area contributed by atoms with Crippen molar-refractivity contribution in [3.63, 3.8) is 0 Å². The van der Waals surface area contributed by atoms with Gasteiger partial charge in [0, 0.05) is 52.4 Å². The Bertz CT molecular complexity index is 1380. The number of hydrogen-bond donors (Lipinski definition) is 1. The fraction of sp³-hybridized carbons (Fsp3) is 0.267. The molecule has 7 heteroatoms. The number of aromatic nitrogens is 1. The van der Waals surface area contributed by atoms with Crippen LogP contribution in [0.3, 0.4) is 0 Å². The largest absolute Gasteiger partial charge is 0.496 e. The molecule has 0 unspecified atom stereocenters. The molecule has 0 bridgehead atoms. The van der Waals surface area contributed by atoms with Gasteiger partial charge in [0.25, 0.3) is 5.91 Å². The van der Waals surface area contributed by atoms with Crippen LogP contribution < -0.4 is 4.74 Å². The van der Waals surface area contributed by atoms with E-state index in [0.29, 0.717) is 30.1 Å². The van der Waals surface area contributed by atoms with Gasteiger partial charge in [-0.25, -0.2) is 0 Å². The van der Waals surface area contributed by atoms with Crippen molar-refractivity contribution in [1.82, 2.24) is 14.8 Å². The second-order valence-corrected chi connectivity index (χ2v) is 9.71. The van der Waals surface area contributed by atoms with E-state index in [9.17, 15) is 9.59 Å². The summed E-state index contributed by atoms with van der Waals surface area (Å²) in [5.74, 6) is 0.373. The number of carbonyl (C=O) groups excluding carboxylic acids is 2. The average molecular weight is 518 g/mol. The number of H-pyrrole nitrogens is 1. The molecule has 6 nitrogen and oxygen atoms in total. The Morgan fingerprint density at radius 2 is 1.73 bits per heavy atom. The molecular formula is C30H32ClN3O3. The van der Waals surface area contributed by atoms with E-state index in [0.717, 1.165) is 27.8 Å². The molecule has 0 spiro atoms. The highest BCUT2D eigenvalue weighted by Crippen LogP contribution is 2.22. The third-order valence-electron chi connectivity index (χ3n) is 6.49. The highest BCUT2D eigenvalue weighted by Gasteiger charge is 2.25. The summed E-state index contributed by atoms with van der Waals surface area (Å²) in [5.41, 5.74) is 3.58. The third kappa shape index (κ3) is 6.33. The predicted molar refractivity (Wildman–Crippen MR) is 148 cm³/mol.